The highest BCUT2D eigenvalue weighted by molar-refractivity contribution is 5.80. The first-order chi connectivity index (χ1) is 15.0. The van der Waals surface area contributed by atoms with E-state index in [0.717, 1.165) is 51.8 Å². The Labute approximate surface area is 183 Å². The van der Waals surface area contributed by atoms with Crippen molar-refractivity contribution in [1.29, 1.82) is 0 Å². The third-order valence-electron chi connectivity index (χ3n) is 5.94. The molecule has 174 valence electrons. The quantitative estimate of drug-likeness (QED) is 0.479. The van der Waals surface area contributed by atoms with Crippen LogP contribution >= 0.6 is 0 Å². The number of nitrogens with zero attached hydrogens (tertiary/aromatic N) is 3. The monoisotopic (exact) mass is 439 g/mol. The Morgan fingerprint density at radius 1 is 1.23 bits per heavy atom. The summed E-state index contributed by atoms with van der Waals surface area (Å²) in [7, 11) is 1.77. The molecule has 2 aliphatic heterocycles. The molecule has 0 spiro atoms. The third kappa shape index (κ3) is 6.67. The minimum absolute atomic E-state index is 0.173. The van der Waals surface area contributed by atoms with Gasteiger partial charge in [-0.2, -0.15) is 8.78 Å². The van der Waals surface area contributed by atoms with Crippen molar-refractivity contribution in [3.05, 3.63) is 24.3 Å². The molecule has 0 amide bonds. The number of hydrogen-bond acceptors (Lipinski definition) is 5. The first-order valence-corrected chi connectivity index (χ1v) is 11.1. The predicted octanol–water partition coefficient (Wildman–Crippen LogP) is 2.39. The Hall–Kier alpha value is -2.13. The van der Waals surface area contributed by atoms with Gasteiger partial charge in [0.2, 0.25) is 0 Å². The Morgan fingerprint density at radius 2 is 1.97 bits per heavy atom. The van der Waals surface area contributed by atoms with Gasteiger partial charge in [-0.3, -0.25) is 9.89 Å². The number of hydrogen-bond donors (Lipinski definition) is 2. The maximum atomic E-state index is 12.7. The average Bonchev–Trinajstić information content (AvgIpc) is 3.22. The van der Waals surface area contributed by atoms with E-state index in [1.165, 1.54) is 0 Å². The molecule has 0 aromatic heterocycles. The highest BCUT2D eigenvalue weighted by atomic mass is 19.3. The van der Waals surface area contributed by atoms with Crippen LogP contribution in [0.5, 0.6) is 5.75 Å². The van der Waals surface area contributed by atoms with E-state index in [4.69, 9.17) is 9.47 Å². The lowest BCUT2D eigenvalue weighted by molar-refractivity contribution is -0.0495. The van der Waals surface area contributed by atoms with Crippen molar-refractivity contribution in [3.63, 3.8) is 0 Å². The second-order valence-electron chi connectivity index (χ2n) is 8.34. The van der Waals surface area contributed by atoms with Gasteiger partial charge in [0.05, 0.1) is 18.9 Å². The number of halogens is 2. The molecule has 0 aliphatic carbocycles. The van der Waals surface area contributed by atoms with E-state index in [2.05, 4.69) is 39.3 Å². The molecule has 2 saturated heterocycles. The van der Waals surface area contributed by atoms with E-state index in [1.807, 2.05) is 12.1 Å². The summed E-state index contributed by atoms with van der Waals surface area (Å²) in [4.78, 5) is 8.95. The number of para-hydroxylation sites is 2. The van der Waals surface area contributed by atoms with Crippen LogP contribution in [0, 0.1) is 5.92 Å². The lowest BCUT2D eigenvalue weighted by Crippen LogP contribution is -2.53. The van der Waals surface area contributed by atoms with E-state index in [1.54, 1.807) is 19.2 Å². The molecule has 0 radical (unpaired) electrons. The fourth-order valence-corrected chi connectivity index (χ4v) is 4.30. The molecule has 0 bridgehead atoms. The molecule has 9 heteroatoms. The highest BCUT2D eigenvalue weighted by Gasteiger charge is 2.27. The minimum Gasteiger partial charge on any atom is -0.433 e. The first kappa shape index (κ1) is 23.5. The van der Waals surface area contributed by atoms with Crippen LogP contribution in [0.2, 0.25) is 0 Å². The molecule has 1 aromatic carbocycles. The van der Waals surface area contributed by atoms with E-state index < -0.39 is 6.61 Å². The van der Waals surface area contributed by atoms with Gasteiger partial charge in [0, 0.05) is 51.9 Å². The Bertz CT molecular complexity index is 713. The van der Waals surface area contributed by atoms with Gasteiger partial charge in [0.15, 0.2) is 5.96 Å². The number of nitrogens with one attached hydrogen (secondary N) is 2. The van der Waals surface area contributed by atoms with Crippen molar-refractivity contribution in [1.82, 2.24) is 15.5 Å². The van der Waals surface area contributed by atoms with Gasteiger partial charge >= 0.3 is 6.61 Å². The number of benzene rings is 1. The van der Waals surface area contributed by atoms with Crippen LogP contribution in [0.25, 0.3) is 0 Å². The Kier molecular flexibility index (Phi) is 8.71. The average molecular weight is 440 g/mol. The smallest absolute Gasteiger partial charge is 0.387 e. The summed E-state index contributed by atoms with van der Waals surface area (Å²) in [6.45, 7) is 7.39. The Balaban J connectivity index is 1.53. The standard InChI is InChI=1S/C22H35F2N5O2/c1-16(2)19(28-10-12-30-13-11-28)14-26-22(25-3)27-17-8-9-29(15-17)18-6-4-5-7-20(18)31-21(23)24/h4-7,16-17,19,21H,8-15H2,1-3H3,(H2,25,26,27). The van der Waals surface area contributed by atoms with Gasteiger partial charge < -0.3 is 25.0 Å². The van der Waals surface area contributed by atoms with Crippen LogP contribution in [-0.2, 0) is 4.74 Å². The van der Waals surface area contributed by atoms with Crippen LogP contribution in [0.1, 0.15) is 20.3 Å². The second kappa shape index (κ2) is 11.5. The van der Waals surface area contributed by atoms with Crippen molar-refractivity contribution >= 4 is 11.6 Å². The fourth-order valence-electron chi connectivity index (χ4n) is 4.30. The van der Waals surface area contributed by atoms with Gasteiger partial charge in [-0.1, -0.05) is 26.0 Å². The molecule has 31 heavy (non-hydrogen) atoms. The largest absolute Gasteiger partial charge is 0.433 e. The predicted molar refractivity (Wildman–Crippen MR) is 119 cm³/mol. The Morgan fingerprint density at radius 3 is 2.65 bits per heavy atom. The van der Waals surface area contributed by atoms with Crippen molar-refractivity contribution in [2.45, 2.75) is 39.0 Å². The van der Waals surface area contributed by atoms with E-state index in [-0.39, 0.29) is 11.8 Å². The van der Waals surface area contributed by atoms with Gasteiger partial charge in [-0.25, -0.2) is 0 Å². The van der Waals surface area contributed by atoms with Crippen LogP contribution in [-0.4, -0.2) is 82.5 Å². The van der Waals surface area contributed by atoms with Crippen molar-refractivity contribution in [2.24, 2.45) is 10.9 Å². The van der Waals surface area contributed by atoms with Gasteiger partial charge in [0.1, 0.15) is 5.75 Å². The number of ether oxygens (including phenoxy) is 2. The van der Waals surface area contributed by atoms with Crippen molar-refractivity contribution in [2.75, 3.05) is 57.9 Å². The summed E-state index contributed by atoms with van der Waals surface area (Å²) < 4.78 is 35.7. The molecule has 7 nitrogen and oxygen atoms in total. The second-order valence-corrected chi connectivity index (χ2v) is 8.34. The number of rotatable bonds is 8. The molecular formula is C22H35F2N5O2. The van der Waals surface area contributed by atoms with Crippen LogP contribution < -0.4 is 20.3 Å². The molecule has 2 aliphatic rings. The topological polar surface area (TPSA) is 61.4 Å². The lowest BCUT2D eigenvalue weighted by atomic mass is 10.0. The summed E-state index contributed by atoms with van der Waals surface area (Å²) in [5.74, 6) is 1.49. The highest BCUT2D eigenvalue weighted by Crippen LogP contribution is 2.31. The normalized spacial score (nSPS) is 21.6. The molecule has 2 heterocycles. The SMILES string of the molecule is CN=C(NCC(C(C)C)N1CCOCC1)NC1CCN(c2ccccc2OC(F)F)C1. The fraction of sp³-hybridized carbons (Fsp3) is 0.682. The summed E-state index contributed by atoms with van der Waals surface area (Å²) in [6, 6.07) is 7.53. The number of alkyl halides is 2. The van der Waals surface area contributed by atoms with Gasteiger partial charge in [-0.15, -0.1) is 0 Å². The maximum absolute atomic E-state index is 12.7. The molecule has 1 aromatic rings. The number of guanidine groups is 1. The molecule has 2 N–H and O–H groups in total. The summed E-state index contributed by atoms with van der Waals surface area (Å²) in [5, 5.41) is 6.97. The van der Waals surface area contributed by atoms with E-state index in [9.17, 15) is 8.78 Å². The molecule has 2 atom stereocenters. The van der Waals surface area contributed by atoms with Crippen LogP contribution in [0.4, 0.5) is 14.5 Å². The summed E-state index contributed by atoms with van der Waals surface area (Å²) >= 11 is 0. The van der Waals surface area contributed by atoms with Crippen LogP contribution in [0.3, 0.4) is 0 Å². The molecule has 2 unspecified atom stereocenters. The van der Waals surface area contributed by atoms with Crippen molar-refractivity contribution in [3.8, 4) is 5.75 Å². The molecule has 0 saturated carbocycles. The van der Waals surface area contributed by atoms with Crippen LogP contribution in [0.15, 0.2) is 29.3 Å². The van der Waals surface area contributed by atoms with Crippen molar-refractivity contribution < 1.29 is 18.3 Å². The molecular weight excluding hydrogens is 404 g/mol. The zero-order valence-electron chi connectivity index (χ0n) is 18.7. The summed E-state index contributed by atoms with van der Waals surface area (Å²) in [6.07, 6.45) is 0.890. The number of morpholine rings is 1. The maximum Gasteiger partial charge on any atom is 0.387 e. The molecule has 3 rings (SSSR count). The zero-order chi connectivity index (χ0) is 22.2. The molecule has 2 fully saturated rings. The van der Waals surface area contributed by atoms with Gasteiger partial charge in [-0.05, 0) is 24.5 Å². The van der Waals surface area contributed by atoms with E-state index >= 15 is 0 Å². The summed E-state index contributed by atoms with van der Waals surface area (Å²) in [5.41, 5.74) is 0.697. The number of anilines is 1. The van der Waals surface area contributed by atoms with Gasteiger partial charge in [0.25, 0.3) is 0 Å². The third-order valence-corrected chi connectivity index (χ3v) is 5.94. The first-order valence-electron chi connectivity index (χ1n) is 11.1. The van der Waals surface area contributed by atoms with E-state index in [0.29, 0.717) is 24.2 Å². The lowest BCUT2D eigenvalue weighted by Gasteiger charge is -2.37. The number of aliphatic imine (C=N–C) groups is 1. The minimum atomic E-state index is -2.83. The zero-order valence-corrected chi connectivity index (χ0v) is 18.7.